The van der Waals surface area contributed by atoms with Crippen LogP contribution in [0.25, 0.3) is 0 Å². The van der Waals surface area contributed by atoms with E-state index in [9.17, 15) is 18.4 Å². The fourth-order valence-corrected chi connectivity index (χ4v) is 1.81. The van der Waals surface area contributed by atoms with Gasteiger partial charge in [-0.1, -0.05) is 28.1 Å². The summed E-state index contributed by atoms with van der Waals surface area (Å²) >= 11 is 3.08. The van der Waals surface area contributed by atoms with Crippen LogP contribution in [-0.2, 0) is 4.74 Å². The molecule has 0 amide bonds. The van der Waals surface area contributed by atoms with Crippen LogP contribution in [0, 0.1) is 0 Å². The maximum absolute atomic E-state index is 12.4. The van der Waals surface area contributed by atoms with Crippen molar-refractivity contribution in [3.8, 4) is 5.75 Å². The van der Waals surface area contributed by atoms with Gasteiger partial charge in [-0.25, -0.2) is 4.79 Å². The molecular weight excluding hydrogens is 338 g/mol. The Morgan fingerprint density at radius 3 is 2.50 bits per heavy atom. The molecule has 0 radical (unpaired) electrons. The predicted octanol–water partition coefficient (Wildman–Crippen LogP) is 3.43. The smallest absolute Gasteiger partial charge is 0.387 e. The van der Waals surface area contributed by atoms with E-state index in [1.54, 1.807) is 13.8 Å². The maximum Gasteiger partial charge on any atom is 0.387 e. The van der Waals surface area contributed by atoms with Gasteiger partial charge in [0, 0.05) is 5.56 Å². The number of hydrogen-bond acceptors (Lipinski definition) is 4. The SMILES string of the molecule is CCOC(=O)c1c(OC(F)F)cccc1C(=O)C(C)Br. The normalized spacial score (nSPS) is 12.1. The Labute approximate surface area is 123 Å². The molecule has 0 heterocycles. The van der Waals surface area contributed by atoms with Crippen LogP contribution >= 0.6 is 15.9 Å². The number of esters is 1. The molecule has 0 aliphatic rings. The minimum atomic E-state index is -3.10. The molecule has 1 unspecified atom stereocenters. The fraction of sp³-hybridized carbons (Fsp3) is 0.385. The largest absolute Gasteiger partial charge is 0.462 e. The number of hydrogen-bond donors (Lipinski definition) is 0. The molecule has 7 heteroatoms. The Morgan fingerprint density at radius 1 is 1.35 bits per heavy atom. The molecule has 4 nitrogen and oxygen atoms in total. The van der Waals surface area contributed by atoms with E-state index in [2.05, 4.69) is 20.7 Å². The number of carbonyl (C=O) groups excluding carboxylic acids is 2. The molecule has 110 valence electrons. The van der Waals surface area contributed by atoms with Crippen molar-refractivity contribution in [2.24, 2.45) is 0 Å². The van der Waals surface area contributed by atoms with E-state index in [1.165, 1.54) is 18.2 Å². The third-order valence-electron chi connectivity index (χ3n) is 2.35. The Hall–Kier alpha value is -1.50. The van der Waals surface area contributed by atoms with Crippen LogP contribution in [0.2, 0.25) is 0 Å². The molecule has 1 rings (SSSR count). The number of alkyl halides is 3. The summed E-state index contributed by atoms with van der Waals surface area (Å²) in [5.41, 5.74) is -0.308. The Kier molecular flexibility index (Phi) is 6.06. The number of Topliss-reactive ketones (excluding diaryl/α,β-unsaturated/α-hetero) is 1. The molecule has 1 atom stereocenters. The molecule has 1 aromatic carbocycles. The summed E-state index contributed by atoms with van der Waals surface area (Å²) in [6, 6.07) is 3.92. The van der Waals surface area contributed by atoms with Gasteiger partial charge in [0.25, 0.3) is 0 Å². The lowest BCUT2D eigenvalue weighted by Crippen LogP contribution is -2.19. The second kappa shape index (κ2) is 7.33. The number of benzene rings is 1. The van der Waals surface area contributed by atoms with E-state index in [0.29, 0.717) is 0 Å². The molecule has 0 saturated heterocycles. The molecule has 0 spiro atoms. The highest BCUT2D eigenvalue weighted by Gasteiger charge is 2.26. The summed E-state index contributed by atoms with van der Waals surface area (Å²) in [5.74, 6) is -1.68. The molecule has 0 bridgehead atoms. The number of carbonyl (C=O) groups is 2. The quantitative estimate of drug-likeness (QED) is 0.448. The highest BCUT2D eigenvalue weighted by molar-refractivity contribution is 9.10. The standard InChI is InChI=1S/C13H13BrF2O4/c1-3-19-12(18)10-8(11(17)7(2)14)5-4-6-9(10)20-13(15)16/h4-7,13H,3H2,1-2H3. The van der Waals surface area contributed by atoms with Gasteiger partial charge < -0.3 is 9.47 Å². The zero-order chi connectivity index (χ0) is 15.3. The van der Waals surface area contributed by atoms with E-state index >= 15 is 0 Å². The second-order valence-corrected chi connectivity index (χ2v) is 5.13. The molecule has 0 N–H and O–H groups in total. The van der Waals surface area contributed by atoms with E-state index in [1.807, 2.05) is 0 Å². The topological polar surface area (TPSA) is 52.6 Å². The first-order valence-corrected chi connectivity index (χ1v) is 6.73. The molecule has 0 aliphatic carbocycles. The molecule has 1 aromatic rings. The van der Waals surface area contributed by atoms with Crippen LogP contribution in [-0.4, -0.2) is 29.8 Å². The lowest BCUT2D eigenvalue weighted by atomic mass is 10.0. The van der Waals surface area contributed by atoms with Gasteiger partial charge in [0.15, 0.2) is 5.78 Å². The van der Waals surface area contributed by atoms with Crippen LogP contribution in [0.4, 0.5) is 8.78 Å². The van der Waals surface area contributed by atoms with Gasteiger partial charge >= 0.3 is 12.6 Å². The molecular formula is C13H13BrF2O4. The zero-order valence-electron chi connectivity index (χ0n) is 10.9. The van der Waals surface area contributed by atoms with E-state index in [0.717, 1.165) is 0 Å². The Bertz CT molecular complexity index is 503. The van der Waals surface area contributed by atoms with Crippen molar-refractivity contribution >= 4 is 27.7 Å². The third-order valence-corrected chi connectivity index (χ3v) is 2.76. The summed E-state index contributed by atoms with van der Waals surface area (Å²) in [7, 11) is 0. The minimum absolute atomic E-state index is 0.0222. The summed E-state index contributed by atoms with van der Waals surface area (Å²) < 4.78 is 33.8. The van der Waals surface area contributed by atoms with Gasteiger partial charge in [-0.15, -0.1) is 0 Å². The number of rotatable bonds is 6. The molecule has 0 fully saturated rings. The third kappa shape index (κ3) is 4.00. The van der Waals surface area contributed by atoms with Crippen molar-refractivity contribution in [2.45, 2.75) is 25.3 Å². The average molecular weight is 351 g/mol. The number of halogens is 3. The first kappa shape index (κ1) is 16.6. The average Bonchev–Trinajstić information content (AvgIpc) is 2.36. The first-order chi connectivity index (χ1) is 9.38. The molecule has 0 aromatic heterocycles. The van der Waals surface area contributed by atoms with Crippen LogP contribution in [0.1, 0.15) is 34.6 Å². The Morgan fingerprint density at radius 2 is 2.00 bits per heavy atom. The lowest BCUT2D eigenvalue weighted by molar-refractivity contribution is -0.0505. The predicted molar refractivity (Wildman–Crippen MR) is 71.8 cm³/mol. The van der Waals surface area contributed by atoms with Gasteiger partial charge in [0.05, 0.1) is 11.4 Å². The van der Waals surface area contributed by atoms with Gasteiger partial charge in [-0.3, -0.25) is 4.79 Å². The van der Waals surface area contributed by atoms with Gasteiger partial charge in [-0.05, 0) is 19.9 Å². The maximum atomic E-state index is 12.4. The second-order valence-electron chi connectivity index (χ2n) is 3.76. The summed E-state index contributed by atoms with van der Waals surface area (Å²) in [6.07, 6.45) is 0. The molecule has 0 aliphatic heterocycles. The van der Waals surface area contributed by atoms with Crippen molar-refractivity contribution in [1.82, 2.24) is 0 Å². The van der Waals surface area contributed by atoms with Crippen LogP contribution in [0.3, 0.4) is 0 Å². The van der Waals surface area contributed by atoms with Crippen molar-refractivity contribution in [1.29, 1.82) is 0 Å². The van der Waals surface area contributed by atoms with E-state index < -0.39 is 23.2 Å². The molecule has 20 heavy (non-hydrogen) atoms. The number of ether oxygens (including phenoxy) is 2. The van der Waals surface area contributed by atoms with Crippen molar-refractivity contribution < 1.29 is 27.8 Å². The fourth-order valence-electron chi connectivity index (χ4n) is 1.56. The van der Waals surface area contributed by atoms with Crippen molar-refractivity contribution in [3.63, 3.8) is 0 Å². The van der Waals surface area contributed by atoms with Crippen LogP contribution < -0.4 is 4.74 Å². The van der Waals surface area contributed by atoms with Gasteiger partial charge in [0.2, 0.25) is 0 Å². The minimum Gasteiger partial charge on any atom is -0.462 e. The summed E-state index contributed by atoms with van der Waals surface area (Å²) in [6.45, 7) is 0.0929. The molecule has 0 saturated carbocycles. The summed E-state index contributed by atoms with van der Waals surface area (Å²) in [4.78, 5) is 23.3. The van der Waals surface area contributed by atoms with Crippen molar-refractivity contribution in [3.05, 3.63) is 29.3 Å². The number of ketones is 1. The zero-order valence-corrected chi connectivity index (χ0v) is 12.4. The Balaban J connectivity index is 3.36. The van der Waals surface area contributed by atoms with Crippen molar-refractivity contribution in [2.75, 3.05) is 6.61 Å². The lowest BCUT2D eigenvalue weighted by Gasteiger charge is -2.14. The monoisotopic (exact) mass is 350 g/mol. The van der Waals surface area contributed by atoms with Crippen LogP contribution in [0.5, 0.6) is 5.75 Å². The van der Waals surface area contributed by atoms with E-state index in [-0.39, 0.29) is 23.5 Å². The first-order valence-electron chi connectivity index (χ1n) is 5.81. The van der Waals surface area contributed by atoms with Gasteiger partial charge in [-0.2, -0.15) is 8.78 Å². The highest BCUT2D eigenvalue weighted by Crippen LogP contribution is 2.27. The van der Waals surface area contributed by atoms with E-state index in [4.69, 9.17) is 4.74 Å². The highest BCUT2D eigenvalue weighted by atomic mass is 79.9. The van der Waals surface area contributed by atoms with Crippen LogP contribution in [0.15, 0.2) is 18.2 Å². The summed E-state index contributed by atoms with van der Waals surface area (Å²) in [5, 5.41) is 0. The van der Waals surface area contributed by atoms with Gasteiger partial charge in [0.1, 0.15) is 11.3 Å².